The Bertz CT molecular complexity index is 759. The maximum atomic E-state index is 9.95. The average Bonchev–Trinajstić information content (AvgIpc) is 2.70. The SMILES string of the molecule is CCNC(=NCc1cc(C)c(O)c(C)c1)N1CCN(c2ccccn2)CC1. The monoisotopic (exact) mass is 367 g/mol. The molecule has 1 aliphatic rings. The van der Waals surface area contributed by atoms with Gasteiger partial charge in [-0.25, -0.2) is 9.98 Å². The van der Waals surface area contributed by atoms with Crippen LogP contribution in [0, 0.1) is 13.8 Å². The van der Waals surface area contributed by atoms with Gasteiger partial charge in [0.2, 0.25) is 0 Å². The molecular weight excluding hydrogens is 338 g/mol. The molecular formula is C21H29N5O. The van der Waals surface area contributed by atoms with Crippen molar-refractivity contribution < 1.29 is 5.11 Å². The van der Waals surface area contributed by atoms with Gasteiger partial charge in [0, 0.05) is 38.9 Å². The Labute approximate surface area is 161 Å². The standard InChI is InChI=1S/C21H29N5O/c1-4-22-21(24-15-18-13-16(2)20(27)17(3)14-18)26-11-9-25(10-12-26)19-7-5-6-8-23-19/h5-8,13-14,27H,4,9-12,15H2,1-3H3,(H,22,24). The molecule has 3 rings (SSSR count). The number of anilines is 1. The summed E-state index contributed by atoms with van der Waals surface area (Å²) in [4.78, 5) is 13.9. The number of piperazine rings is 1. The number of aryl methyl sites for hydroxylation is 2. The molecule has 2 aromatic rings. The van der Waals surface area contributed by atoms with Crippen LogP contribution in [0.2, 0.25) is 0 Å². The zero-order valence-corrected chi connectivity index (χ0v) is 16.4. The Kier molecular flexibility index (Phi) is 6.16. The van der Waals surface area contributed by atoms with Crippen LogP contribution in [0.3, 0.4) is 0 Å². The number of hydrogen-bond acceptors (Lipinski definition) is 4. The lowest BCUT2D eigenvalue weighted by molar-refractivity contribution is 0.371. The van der Waals surface area contributed by atoms with Gasteiger partial charge < -0.3 is 20.2 Å². The number of aliphatic imine (C=N–C) groups is 1. The van der Waals surface area contributed by atoms with Crippen molar-refractivity contribution in [2.24, 2.45) is 4.99 Å². The fourth-order valence-corrected chi connectivity index (χ4v) is 3.42. The highest BCUT2D eigenvalue weighted by atomic mass is 16.3. The van der Waals surface area contributed by atoms with E-state index in [1.165, 1.54) is 0 Å². The fourth-order valence-electron chi connectivity index (χ4n) is 3.42. The molecule has 144 valence electrons. The van der Waals surface area contributed by atoms with Crippen LogP contribution in [0.5, 0.6) is 5.75 Å². The molecule has 0 bridgehead atoms. The van der Waals surface area contributed by atoms with E-state index in [0.29, 0.717) is 12.3 Å². The van der Waals surface area contributed by atoms with Gasteiger partial charge in [-0.3, -0.25) is 0 Å². The number of hydrogen-bond donors (Lipinski definition) is 2. The van der Waals surface area contributed by atoms with Crippen LogP contribution in [0.15, 0.2) is 41.5 Å². The van der Waals surface area contributed by atoms with Gasteiger partial charge in [-0.15, -0.1) is 0 Å². The molecule has 1 saturated heterocycles. The Morgan fingerprint density at radius 1 is 1.15 bits per heavy atom. The van der Waals surface area contributed by atoms with E-state index in [4.69, 9.17) is 4.99 Å². The highest BCUT2D eigenvalue weighted by molar-refractivity contribution is 5.80. The molecule has 2 heterocycles. The predicted molar refractivity (Wildman–Crippen MR) is 110 cm³/mol. The summed E-state index contributed by atoms with van der Waals surface area (Å²) in [5, 5.41) is 13.4. The van der Waals surface area contributed by atoms with Gasteiger partial charge in [0.25, 0.3) is 0 Å². The summed E-state index contributed by atoms with van der Waals surface area (Å²) < 4.78 is 0. The molecule has 6 nitrogen and oxygen atoms in total. The third-order valence-electron chi connectivity index (χ3n) is 4.85. The van der Waals surface area contributed by atoms with E-state index < -0.39 is 0 Å². The third-order valence-corrected chi connectivity index (χ3v) is 4.85. The lowest BCUT2D eigenvalue weighted by atomic mass is 10.1. The van der Waals surface area contributed by atoms with Crippen molar-refractivity contribution >= 4 is 11.8 Å². The molecule has 1 aromatic heterocycles. The van der Waals surface area contributed by atoms with Crippen LogP contribution < -0.4 is 10.2 Å². The first-order valence-corrected chi connectivity index (χ1v) is 9.56. The van der Waals surface area contributed by atoms with Crippen molar-refractivity contribution in [1.82, 2.24) is 15.2 Å². The number of nitrogens with zero attached hydrogens (tertiary/aromatic N) is 4. The van der Waals surface area contributed by atoms with E-state index >= 15 is 0 Å². The summed E-state index contributed by atoms with van der Waals surface area (Å²) in [6.45, 7) is 11.1. The van der Waals surface area contributed by atoms with E-state index in [9.17, 15) is 5.11 Å². The van der Waals surface area contributed by atoms with Crippen LogP contribution in [-0.2, 0) is 6.54 Å². The number of nitrogens with one attached hydrogen (secondary N) is 1. The summed E-state index contributed by atoms with van der Waals surface area (Å²) in [6.07, 6.45) is 1.84. The minimum absolute atomic E-state index is 0.375. The van der Waals surface area contributed by atoms with E-state index in [1.807, 2.05) is 44.3 Å². The summed E-state index contributed by atoms with van der Waals surface area (Å²) in [6, 6.07) is 10.1. The normalized spacial score (nSPS) is 15.1. The van der Waals surface area contributed by atoms with Crippen molar-refractivity contribution in [3.05, 3.63) is 53.2 Å². The molecule has 0 atom stereocenters. The fraction of sp³-hybridized carbons (Fsp3) is 0.429. The van der Waals surface area contributed by atoms with Crippen molar-refractivity contribution in [2.75, 3.05) is 37.6 Å². The molecule has 1 aliphatic heterocycles. The molecule has 0 saturated carbocycles. The number of phenols is 1. The Morgan fingerprint density at radius 2 is 1.85 bits per heavy atom. The van der Waals surface area contributed by atoms with Gasteiger partial charge in [-0.2, -0.15) is 0 Å². The maximum Gasteiger partial charge on any atom is 0.194 e. The average molecular weight is 367 g/mol. The molecule has 1 fully saturated rings. The number of phenolic OH excluding ortho intramolecular Hbond substituents is 1. The van der Waals surface area contributed by atoms with Crippen LogP contribution in [0.4, 0.5) is 5.82 Å². The van der Waals surface area contributed by atoms with E-state index in [1.54, 1.807) is 0 Å². The van der Waals surface area contributed by atoms with Gasteiger partial charge in [0.05, 0.1) is 6.54 Å². The molecule has 6 heteroatoms. The predicted octanol–water partition coefficient (Wildman–Crippen LogP) is 2.69. The molecule has 0 amide bonds. The highest BCUT2D eigenvalue weighted by Crippen LogP contribution is 2.23. The summed E-state index contributed by atoms with van der Waals surface area (Å²) >= 11 is 0. The Morgan fingerprint density at radius 3 is 2.44 bits per heavy atom. The second-order valence-corrected chi connectivity index (χ2v) is 6.91. The molecule has 0 spiro atoms. The zero-order chi connectivity index (χ0) is 19.2. The molecule has 27 heavy (non-hydrogen) atoms. The summed E-state index contributed by atoms with van der Waals surface area (Å²) in [5.41, 5.74) is 2.91. The summed E-state index contributed by atoms with van der Waals surface area (Å²) in [5.74, 6) is 2.36. The topological polar surface area (TPSA) is 64.0 Å². The first-order chi connectivity index (χ1) is 13.1. The smallest absolute Gasteiger partial charge is 0.194 e. The second-order valence-electron chi connectivity index (χ2n) is 6.91. The maximum absolute atomic E-state index is 9.95. The van der Waals surface area contributed by atoms with E-state index in [-0.39, 0.29) is 0 Å². The van der Waals surface area contributed by atoms with E-state index in [2.05, 4.69) is 33.1 Å². The second kappa shape index (κ2) is 8.75. The van der Waals surface area contributed by atoms with Gasteiger partial charge >= 0.3 is 0 Å². The summed E-state index contributed by atoms with van der Waals surface area (Å²) in [7, 11) is 0. The third kappa shape index (κ3) is 4.70. The Balaban J connectivity index is 1.66. The van der Waals surface area contributed by atoms with Gasteiger partial charge in [0.15, 0.2) is 5.96 Å². The van der Waals surface area contributed by atoms with Gasteiger partial charge in [0.1, 0.15) is 11.6 Å². The molecule has 2 N–H and O–H groups in total. The van der Waals surface area contributed by atoms with Crippen LogP contribution in [-0.4, -0.2) is 53.7 Å². The quantitative estimate of drug-likeness (QED) is 0.643. The number of guanidine groups is 1. The van der Waals surface area contributed by atoms with Crippen molar-refractivity contribution in [3.8, 4) is 5.75 Å². The number of rotatable bonds is 4. The zero-order valence-electron chi connectivity index (χ0n) is 16.4. The molecule has 1 aromatic carbocycles. The minimum atomic E-state index is 0.375. The number of pyridine rings is 1. The number of aromatic hydroxyl groups is 1. The van der Waals surface area contributed by atoms with Gasteiger partial charge in [-0.1, -0.05) is 18.2 Å². The lowest BCUT2D eigenvalue weighted by Gasteiger charge is -2.37. The number of benzene rings is 1. The van der Waals surface area contributed by atoms with E-state index in [0.717, 1.165) is 61.2 Å². The molecule has 0 aliphatic carbocycles. The minimum Gasteiger partial charge on any atom is -0.507 e. The van der Waals surface area contributed by atoms with Gasteiger partial charge in [-0.05, 0) is 49.6 Å². The first-order valence-electron chi connectivity index (χ1n) is 9.56. The van der Waals surface area contributed by atoms with Crippen LogP contribution >= 0.6 is 0 Å². The van der Waals surface area contributed by atoms with Crippen molar-refractivity contribution in [3.63, 3.8) is 0 Å². The largest absolute Gasteiger partial charge is 0.507 e. The Hall–Kier alpha value is -2.76. The van der Waals surface area contributed by atoms with Crippen LogP contribution in [0.1, 0.15) is 23.6 Å². The number of aromatic nitrogens is 1. The van der Waals surface area contributed by atoms with Crippen molar-refractivity contribution in [2.45, 2.75) is 27.3 Å². The first kappa shape index (κ1) is 19.0. The van der Waals surface area contributed by atoms with Crippen molar-refractivity contribution in [1.29, 1.82) is 0 Å². The molecule has 0 unspecified atom stereocenters. The molecule has 0 radical (unpaired) electrons. The highest BCUT2D eigenvalue weighted by Gasteiger charge is 2.20. The lowest BCUT2D eigenvalue weighted by Crippen LogP contribution is -2.52. The van der Waals surface area contributed by atoms with Crippen LogP contribution in [0.25, 0.3) is 0 Å².